The zero-order valence-electron chi connectivity index (χ0n) is 16.2. The van der Waals surface area contributed by atoms with Crippen LogP contribution < -0.4 is 10.6 Å². The van der Waals surface area contributed by atoms with E-state index in [0.29, 0.717) is 11.3 Å². The molecule has 0 fully saturated rings. The van der Waals surface area contributed by atoms with Crippen LogP contribution in [-0.4, -0.2) is 11.8 Å². The van der Waals surface area contributed by atoms with Gasteiger partial charge in [-0.2, -0.15) is 0 Å². The first-order chi connectivity index (χ1) is 13.9. The molecule has 0 saturated heterocycles. The molecule has 3 rings (SSSR count). The van der Waals surface area contributed by atoms with Crippen molar-refractivity contribution in [1.82, 2.24) is 5.32 Å². The molecule has 0 spiro atoms. The predicted octanol–water partition coefficient (Wildman–Crippen LogP) is 5.48. The van der Waals surface area contributed by atoms with Gasteiger partial charge in [-0.15, -0.1) is 0 Å². The number of aryl methyl sites for hydroxylation is 2. The van der Waals surface area contributed by atoms with Gasteiger partial charge in [0.25, 0.3) is 11.8 Å². The second-order valence-corrected chi connectivity index (χ2v) is 7.67. The fourth-order valence-electron chi connectivity index (χ4n) is 2.70. The highest BCUT2D eigenvalue weighted by atomic mass is 79.9. The Hall–Kier alpha value is -3.18. The lowest BCUT2D eigenvalue weighted by molar-refractivity contribution is -0.113. The first-order valence-electron chi connectivity index (χ1n) is 9.14. The Bertz CT molecular complexity index is 1050. The standard InChI is InChI=1S/C24H21BrN2O2/c1-16-6-10-19(11-7-16)23(28)27-22(15-18-8-12-20(25)13-9-18)24(29)26-21-5-3-4-17(2)14-21/h3-15H,1-2H3,(H,26,29)(H,27,28)/b22-15-. The Morgan fingerprint density at radius 2 is 1.55 bits per heavy atom. The smallest absolute Gasteiger partial charge is 0.272 e. The molecule has 146 valence electrons. The van der Waals surface area contributed by atoms with Crippen LogP contribution in [0.25, 0.3) is 6.08 Å². The van der Waals surface area contributed by atoms with Crippen LogP contribution in [0.4, 0.5) is 5.69 Å². The fourth-order valence-corrected chi connectivity index (χ4v) is 2.97. The lowest BCUT2D eigenvalue weighted by Gasteiger charge is -2.12. The molecule has 0 unspecified atom stereocenters. The molecule has 0 radical (unpaired) electrons. The summed E-state index contributed by atoms with van der Waals surface area (Å²) < 4.78 is 0.934. The average molecular weight is 449 g/mol. The van der Waals surface area contributed by atoms with E-state index in [-0.39, 0.29) is 17.5 Å². The van der Waals surface area contributed by atoms with Gasteiger partial charge in [-0.25, -0.2) is 0 Å². The number of carbonyl (C=O) groups excluding carboxylic acids is 2. The number of rotatable bonds is 5. The van der Waals surface area contributed by atoms with Gasteiger partial charge in [0.15, 0.2) is 0 Å². The Kier molecular flexibility index (Phi) is 6.62. The van der Waals surface area contributed by atoms with Gasteiger partial charge in [-0.1, -0.05) is 57.9 Å². The van der Waals surface area contributed by atoms with E-state index < -0.39 is 0 Å². The predicted molar refractivity (Wildman–Crippen MR) is 121 cm³/mol. The van der Waals surface area contributed by atoms with E-state index in [1.807, 2.05) is 74.5 Å². The van der Waals surface area contributed by atoms with Crippen molar-refractivity contribution < 1.29 is 9.59 Å². The normalized spacial score (nSPS) is 11.1. The third-order valence-electron chi connectivity index (χ3n) is 4.26. The molecule has 0 saturated carbocycles. The summed E-state index contributed by atoms with van der Waals surface area (Å²) in [5.41, 5.74) is 4.21. The summed E-state index contributed by atoms with van der Waals surface area (Å²) in [4.78, 5) is 25.6. The number of hydrogen-bond donors (Lipinski definition) is 2. The van der Waals surface area contributed by atoms with Gasteiger partial charge in [-0.05, 0) is 67.4 Å². The average Bonchev–Trinajstić information content (AvgIpc) is 2.69. The number of hydrogen-bond acceptors (Lipinski definition) is 2. The summed E-state index contributed by atoms with van der Waals surface area (Å²) >= 11 is 3.40. The molecule has 0 aliphatic carbocycles. The highest BCUT2D eigenvalue weighted by molar-refractivity contribution is 9.10. The molecule has 0 atom stereocenters. The van der Waals surface area contributed by atoms with Crippen LogP contribution in [0, 0.1) is 13.8 Å². The third-order valence-corrected chi connectivity index (χ3v) is 4.79. The van der Waals surface area contributed by atoms with Crippen molar-refractivity contribution in [3.05, 3.63) is 105 Å². The van der Waals surface area contributed by atoms with Crippen molar-refractivity contribution in [3.8, 4) is 0 Å². The Morgan fingerprint density at radius 1 is 0.862 bits per heavy atom. The van der Waals surface area contributed by atoms with E-state index in [9.17, 15) is 9.59 Å². The second kappa shape index (κ2) is 9.34. The van der Waals surface area contributed by atoms with Crippen LogP contribution in [0.1, 0.15) is 27.0 Å². The first-order valence-corrected chi connectivity index (χ1v) is 9.93. The van der Waals surface area contributed by atoms with Gasteiger partial charge in [-0.3, -0.25) is 9.59 Å². The number of anilines is 1. The molecule has 29 heavy (non-hydrogen) atoms. The molecule has 3 aromatic rings. The molecule has 0 bridgehead atoms. The van der Waals surface area contributed by atoms with Crippen molar-refractivity contribution in [2.75, 3.05) is 5.32 Å². The van der Waals surface area contributed by atoms with E-state index in [4.69, 9.17) is 0 Å². The number of benzene rings is 3. The van der Waals surface area contributed by atoms with Crippen LogP contribution in [-0.2, 0) is 4.79 Å². The van der Waals surface area contributed by atoms with Gasteiger partial charge in [0.1, 0.15) is 5.70 Å². The van der Waals surface area contributed by atoms with Gasteiger partial charge in [0.05, 0.1) is 0 Å². The maximum Gasteiger partial charge on any atom is 0.272 e. The molecule has 0 aromatic heterocycles. The first kappa shape index (κ1) is 20.6. The SMILES string of the molecule is Cc1ccc(C(=O)N/C(=C\c2ccc(Br)cc2)C(=O)Nc2cccc(C)c2)cc1. The lowest BCUT2D eigenvalue weighted by atomic mass is 10.1. The van der Waals surface area contributed by atoms with E-state index in [1.54, 1.807) is 18.2 Å². The Labute approximate surface area is 178 Å². The monoisotopic (exact) mass is 448 g/mol. The van der Waals surface area contributed by atoms with Crippen molar-refractivity contribution >= 4 is 39.5 Å². The fraction of sp³-hybridized carbons (Fsp3) is 0.0833. The lowest BCUT2D eigenvalue weighted by Crippen LogP contribution is -2.30. The summed E-state index contributed by atoms with van der Waals surface area (Å²) in [6.07, 6.45) is 1.66. The minimum absolute atomic E-state index is 0.166. The van der Waals surface area contributed by atoms with E-state index in [2.05, 4.69) is 26.6 Å². The van der Waals surface area contributed by atoms with Crippen molar-refractivity contribution in [2.24, 2.45) is 0 Å². The summed E-state index contributed by atoms with van der Waals surface area (Å²) in [5, 5.41) is 5.60. The van der Waals surface area contributed by atoms with Crippen molar-refractivity contribution in [1.29, 1.82) is 0 Å². The quantitative estimate of drug-likeness (QED) is 0.507. The molecule has 0 heterocycles. The van der Waals surface area contributed by atoms with E-state index in [0.717, 1.165) is 21.2 Å². The van der Waals surface area contributed by atoms with Crippen molar-refractivity contribution in [3.63, 3.8) is 0 Å². The Balaban J connectivity index is 1.88. The zero-order chi connectivity index (χ0) is 20.8. The summed E-state index contributed by atoms with van der Waals surface area (Å²) in [6.45, 7) is 3.91. The van der Waals surface area contributed by atoms with E-state index in [1.165, 1.54) is 0 Å². The molecule has 2 amide bonds. The summed E-state index contributed by atoms with van der Waals surface area (Å²) in [7, 11) is 0. The third kappa shape index (κ3) is 5.90. The largest absolute Gasteiger partial charge is 0.321 e. The van der Waals surface area contributed by atoms with Crippen LogP contribution in [0.5, 0.6) is 0 Å². The molecule has 5 heteroatoms. The Morgan fingerprint density at radius 3 is 2.21 bits per heavy atom. The molecule has 0 aliphatic heterocycles. The minimum Gasteiger partial charge on any atom is -0.321 e. The van der Waals surface area contributed by atoms with Gasteiger partial charge in [0, 0.05) is 15.7 Å². The minimum atomic E-state index is -0.390. The summed E-state index contributed by atoms with van der Waals surface area (Å²) in [5.74, 6) is -0.730. The maximum atomic E-state index is 12.9. The second-order valence-electron chi connectivity index (χ2n) is 6.75. The topological polar surface area (TPSA) is 58.2 Å². The van der Waals surface area contributed by atoms with Gasteiger partial charge < -0.3 is 10.6 Å². The van der Waals surface area contributed by atoms with Gasteiger partial charge in [0.2, 0.25) is 0 Å². The van der Waals surface area contributed by atoms with Crippen LogP contribution in [0.15, 0.2) is 83.0 Å². The van der Waals surface area contributed by atoms with Crippen LogP contribution in [0.2, 0.25) is 0 Å². The highest BCUT2D eigenvalue weighted by Gasteiger charge is 2.15. The molecule has 4 nitrogen and oxygen atoms in total. The molecular weight excluding hydrogens is 428 g/mol. The highest BCUT2D eigenvalue weighted by Crippen LogP contribution is 2.15. The molecule has 0 aliphatic rings. The zero-order valence-corrected chi connectivity index (χ0v) is 17.8. The van der Waals surface area contributed by atoms with Crippen LogP contribution in [0.3, 0.4) is 0 Å². The number of halogens is 1. The molecule has 3 aromatic carbocycles. The number of carbonyl (C=O) groups is 2. The molecule has 2 N–H and O–H groups in total. The van der Waals surface area contributed by atoms with Crippen LogP contribution >= 0.6 is 15.9 Å². The molecular formula is C24H21BrN2O2. The van der Waals surface area contributed by atoms with Gasteiger partial charge >= 0.3 is 0 Å². The number of amides is 2. The summed E-state index contributed by atoms with van der Waals surface area (Å²) in [6, 6.07) is 22.2. The van der Waals surface area contributed by atoms with Crippen molar-refractivity contribution in [2.45, 2.75) is 13.8 Å². The number of nitrogens with one attached hydrogen (secondary N) is 2. The maximum absolute atomic E-state index is 12.9. The van der Waals surface area contributed by atoms with E-state index >= 15 is 0 Å².